The van der Waals surface area contributed by atoms with E-state index in [-0.39, 0.29) is 11.7 Å². The van der Waals surface area contributed by atoms with Gasteiger partial charge in [-0.3, -0.25) is 9.59 Å². The van der Waals surface area contributed by atoms with E-state index >= 15 is 0 Å². The lowest BCUT2D eigenvalue weighted by Gasteiger charge is -2.12. The van der Waals surface area contributed by atoms with Gasteiger partial charge in [-0.05, 0) is 31.6 Å². The van der Waals surface area contributed by atoms with Crippen molar-refractivity contribution in [2.75, 3.05) is 5.32 Å². The molecule has 0 radical (unpaired) electrons. The predicted octanol–water partition coefficient (Wildman–Crippen LogP) is 4.07. The monoisotopic (exact) mass is 279 g/mol. The number of nitrogens with one attached hydrogen (secondary N) is 1. The summed E-state index contributed by atoms with van der Waals surface area (Å²) in [6, 6.07) is 14.9. The quantitative estimate of drug-likeness (QED) is 0.677. The van der Waals surface area contributed by atoms with Crippen LogP contribution in [0.25, 0.3) is 11.1 Å². The normalized spacial score (nSPS) is 10.6. The van der Waals surface area contributed by atoms with Gasteiger partial charge in [0, 0.05) is 16.8 Å². The highest BCUT2D eigenvalue weighted by atomic mass is 16.1. The zero-order valence-corrected chi connectivity index (χ0v) is 12.1. The first-order chi connectivity index (χ1) is 10.1. The van der Waals surface area contributed by atoms with Crippen LogP contribution < -0.4 is 5.32 Å². The fourth-order valence-electron chi connectivity index (χ4n) is 2.18. The number of Topliss-reactive ketones (excluding diaryl/α,β-unsaturated/α-hetero) is 1. The SMILES string of the molecule is CC=CC(=O)Nc1ccccc1-c1ccccc1C(C)=O. The average molecular weight is 279 g/mol. The molecule has 0 bridgehead atoms. The van der Waals surface area contributed by atoms with Gasteiger partial charge in [-0.2, -0.15) is 0 Å². The predicted molar refractivity (Wildman–Crippen MR) is 85.3 cm³/mol. The van der Waals surface area contributed by atoms with Crippen LogP contribution in [0.4, 0.5) is 5.69 Å². The van der Waals surface area contributed by atoms with Crippen molar-refractivity contribution in [3.05, 3.63) is 66.2 Å². The van der Waals surface area contributed by atoms with Crippen LogP contribution in [0, 0.1) is 0 Å². The Balaban J connectivity index is 2.50. The van der Waals surface area contributed by atoms with E-state index in [9.17, 15) is 9.59 Å². The molecule has 21 heavy (non-hydrogen) atoms. The van der Waals surface area contributed by atoms with Gasteiger partial charge in [-0.1, -0.05) is 48.5 Å². The third kappa shape index (κ3) is 3.45. The third-order valence-electron chi connectivity index (χ3n) is 3.10. The highest BCUT2D eigenvalue weighted by Gasteiger charge is 2.12. The molecule has 0 aliphatic carbocycles. The van der Waals surface area contributed by atoms with Crippen LogP contribution in [0.15, 0.2) is 60.7 Å². The lowest BCUT2D eigenvalue weighted by atomic mass is 9.96. The molecule has 106 valence electrons. The molecule has 0 heterocycles. The second-order valence-corrected chi connectivity index (χ2v) is 4.64. The number of benzene rings is 2. The second kappa shape index (κ2) is 6.66. The lowest BCUT2D eigenvalue weighted by molar-refractivity contribution is -0.111. The minimum Gasteiger partial charge on any atom is -0.322 e. The summed E-state index contributed by atoms with van der Waals surface area (Å²) in [4.78, 5) is 23.5. The molecule has 0 aliphatic rings. The summed E-state index contributed by atoms with van der Waals surface area (Å²) >= 11 is 0. The van der Waals surface area contributed by atoms with Gasteiger partial charge in [0.25, 0.3) is 0 Å². The van der Waals surface area contributed by atoms with Crippen LogP contribution in [0.1, 0.15) is 24.2 Å². The summed E-state index contributed by atoms with van der Waals surface area (Å²) in [5.74, 6) is -0.189. The first-order valence-electron chi connectivity index (χ1n) is 6.76. The molecular weight excluding hydrogens is 262 g/mol. The largest absolute Gasteiger partial charge is 0.322 e. The number of hydrogen-bond acceptors (Lipinski definition) is 2. The fourth-order valence-corrected chi connectivity index (χ4v) is 2.18. The van der Waals surface area contributed by atoms with Crippen molar-refractivity contribution in [1.29, 1.82) is 0 Å². The van der Waals surface area contributed by atoms with Crippen molar-refractivity contribution in [2.45, 2.75) is 13.8 Å². The maximum Gasteiger partial charge on any atom is 0.248 e. The van der Waals surface area contributed by atoms with Gasteiger partial charge in [0.1, 0.15) is 0 Å². The molecule has 0 fully saturated rings. The Bertz CT molecular complexity index is 702. The molecule has 0 aliphatic heterocycles. The highest BCUT2D eigenvalue weighted by molar-refractivity contribution is 6.05. The first kappa shape index (κ1) is 14.7. The Kier molecular flexibility index (Phi) is 4.67. The van der Waals surface area contributed by atoms with Gasteiger partial charge >= 0.3 is 0 Å². The summed E-state index contributed by atoms with van der Waals surface area (Å²) in [5, 5.41) is 2.84. The van der Waals surface area contributed by atoms with E-state index < -0.39 is 0 Å². The van der Waals surface area contributed by atoms with Crippen molar-refractivity contribution < 1.29 is 9.59 Å². The number of para-hydroxylation sites is 1. The van der Waals surface area contributed by atoms with Gasteiger partial charge < -0.3 is 5.32 Å². The molecule has 2 aromatic carbocycles. The minimum atomic E-state index is -0.190. The standard InChI is InChI=1S/C18H17NO2/c1-3-8-18(21)19-17-12-7-6-11-16(17)15-10-5-4-9-14(15)13(2)20/h3-12H,1-2H3,(H,19,21). The minimum absolute atomic E-state index is 0.000170. The number of carbonyl (C=O) groups is 2. The Hall–Kier alpha value is -2.68. The summed E-state index contributed by atoms with van der Waals surface area (Å²) in [7, 11) is 0. The Morgan fingerprint density at radius 3 is 2.24 bits per heavy atom. The van der Waals surface area contributed by atoms with Crippen LogP contribution in [-0.4, -0.2) is 11.7 Å². The van der Waals surface area contributed by atoms with Gasteiger partial charge in [0.15, 0.2) is 5.78 Å². The maximum absolute atomic E-state index is 11.8. The van der Waals surface area contributed by atoms with Crippen LogP contribution in [0.5, 0.6) is 0 Å². The third-order valence-corrected chi connectivity index (χ3v) is 3.10. The van der Waals surface area contributed by atoms with E-state index in [0.29, 0.717) is 11.3 Å². The number of ketones is 1. The Morgan fingerprint density at radius 1 is 0.952 bits per heavy atom. The molecule has 0 aromatic heterocycles. The molecule has 0 saturated carbocycles. The fraction of sp³-hybridized carbons (Fsp3) is 0.111. The summed E-state index contributed by atoms with van der Waals surface area (Å²) in [5.41, 5.74) is 2.99. The summed E-state index contributed by atoms with van der Waals surface area (Å²) < 4.78 is 0. The first-order valence-corrected chi connectivity index (χ1v) is 6.76. The summed E-state index contributed by atoms with van der Waals surface area (Å²) in [6.45, 7) is 3.33. The number of hydrogen-bond donors (Lipinski definition) is 1. The maximum atomic E-state index is 11.8. The van der Waals surface area contributed by atoms with Gasteiger partial charge in [-0.15, -0.1) is 0 Å². The number of carbonyl (C=O) groups excluding carboxylic acids is 2. The van der Waals surface area contributed by atoms with Crippen molar-refractivity contribution in [3.8, 4) is 11.1 Å². The molecule has 2 aromatic rings. The van der Waals surface area contributed by atoms with Crippen LogP contribution >= 0.6 is 0 Å². The molecule has 1 amide bonds. The molecule has 0 spiro atoms. The molecule has 3 nitrogen and oxygen atoms in total. The number of allylic oxidation sites excluding steroid dienone is 1. The molecular formula is C18H17NO2. The van der Waals surface area contributed by atoms with Gasteiger partial charge in [-0.25, -0.2) is 0 Å². The molecule has 0 atom stereocenters. The zero-order chi connectivity index (χ0) is 15.2. The van der Waals surface area contributed by atoms with E-state index in [4.69, 9.17) is 0 Å². The highest BCUT2D eigenvalue weighted by Crippen LogP contribution is 2.30. The second-order valence-electron chi connectivity index (χ2n) is 4.64. The molecule has 1 N–H and O–H groups in total. The average Bonchev–Trinajstić information content (AvgIpc) is 2.48. The van der Waals surface area contributed by atoms with Gasteiger partial charge in [0.05, 0.1) is 0 Å². The van der Waals surface area contributed by atoms with E-state index in [1.807, 2.05) is 42.5 Å². The van der Waals surface area contributed by atoms with Crippen molar-refractivity contribution in [1.82, 2.24) is 0 Å². The van der Waals surface area contributed by atoms with Crippen molar-refractivity contribution in [3.63, 3.8) is 0 Å². The molecule has 3 heteroatoms. The topological polar surface area (TPSA) is 46.2 Å². The van der Waals surface area contributed by atoms with Crippen LogP contribution in [-0.2, 0) is 4.79 Å². The van der Waals surface area contributed by atoms with E-state index in [1.165, 1.54) is 6.08 Å². The summed E-state index contributed by atoms with van der Waals surface area (Å²) in [6.07, 6.45) is 3.15. The Labute approximate surface area is 124 Å². The molecule has 0 saturated heterocycles. The van der Waals surface area contributed by atoms with Gasteiger partial charge in [0.2, 0.25) is 5.91 Å². The zero-order valence-electron chi connectivity index (χ0n) is 12.1. The van der Waals surface area contributed by atoms with Crippen LogP contribution in [0.3, 0.4) is 0 Å². The Morgan fingerprint density at radius 2 is 1.57 bits per heavy atom. The van der Waals surface area contributed by atoms with E-state index in [2.05, 4.69) is 5.32 Å². The molecule has 2 rings (SSSR count). The van der Waals surface area contributed by atoms with Crippen LogP contribution in [0.2, 0.25) is 0 Å². The number of anilines is 1. The lowest BCUT2D eigenvalue weighted by Crippen LogP contribution is -2.09. The van der Waals surface area contributed by atoms with E-state index in [0.717, 1.165) is 11.1 Å². The molecule has 0 unspecified atom stereocenters. The van der Waals surface area contributed by atoms with Crippen molar-refractivity contribution in [2.24, 2.45) is 0 Å². The number of rotatable bonds is 4. The van der Waals surface area contributed by atoms with E-state index in [1.54, 1.807) is 26.0 Å². The van der Waals surface area contributed by atoms with Crippen molar-refractivity contribution >= 4 is 17.4 Å². The number of amides is 1. The smallest absolute Gasteiger partial charge is 0.248 e.